The molecular formula is C23H19BrFN3O2. The van der Waals surface area contributed by atoms with Crippen molar-refractivity contribution in [1.29, 1.82) is 0 Å². The van der Waals surface area contributed by atoms with Gasteiger partial charge in [0.05, 0.1) is 0 Å². The van der Waals surface area contributed by atoms with Gasteiger partial charge in [-0.3, -0.25) is 9.59 Å². The van der Waals surface area contributed by atoms with E-state index in [-0.39, 0.29) is 17.8 Å². The Balaban J connectivity index is 1.87. The SMILES string of the molecule is Nc1ccccc1CNC(=O)/C(=C/c1cc(Br)ccc1F)NC(=O)c1ccccc1. The third-order valence-electron chi connectivity index (χ3n) is 4.28. The van der Waals surface area contributed by atoms with Crippen LogP contribution in [0.15, 0.2) is 83.0 Å². The van der Waals surface area contributed by atoms with Gasteiger partial charge in [-0.25, -0.2) is 4.39 Å². The summed E-state index contributed by atoms with van der Waals surface area (Å²) >= 11 is 3.28. The van der Waals surface area contributed by atoms with Crippen LogP contribution >= 0.6 is 15.9 Å². The van der Waals surface area contributed by atoms with Gasteiger partial charge in [-0.1, -0.05) is 52.3 Å². The highest BCUT2D eigenvalue weighted by Gasteiger charge is 2.16. The number of rotatable bonds is 6. The summed E-state index contributed by atoms with van der Waals surface area (Å²) < 4.78 is 14.9. The van der Waals surface area contributed by atoms with Crippen molar-refractivity contribution in [3.63, 3.8) is 0 Å². The lowest BCUT2D eigenvalue weighted by molar-refractivity contribution is -0.117. The molecule has 0 heterocycles. The molecule has 3 rings (SSSR count). The molecule has 0 aromatic heterocycles. The smallest absolute Gasteiger partial charge is 0.268 e. The molecule has 152 valence electrons. The molecule has 0 aliphatic carbocycles. The number of nitrogens with one attached hydrogen (secondary N) is 2. The average Bonchev–Trinajstić information content (AvgIpc) is 2.75. The second-order valence-corrected chi connectivity index (χ2v) is 7.34. The van der Waals surface area contributed by atoms with Gasteiger partial charge in [0.2, 0.25) is 0 Å². The van der Waals surface area contributed by atoms with E-state index in [1.165, 1.54) is 18.2 Å². The van der Waals surface area contributed by atoms with Crippen LogP contribution in [0.3, 0.4) is 0 Å². The quantitative estimate of drug-likeness (QED) is 0.374. The molecule has 30 heavy (non-hydrogen) atoms. The van der Waals surface area contributed by atoms with Gasteiger partial charge in [0.15, 0.2) is 0 Å². The van der Waals surface area contributed by atoms with Crippen LogP contribution in [0.1, 0.15) is 21.5 Å². The maximum atomic E-state index is 14.2. The first kappa shape index (κ1) is 21.3. The predicted octanol–water partition coefficient (Wildman–Crippen LogP) is 4.26. The summed E-state index contributed by atoms with van der Waals surface area (Å²) in [6.45, 7) is 0.158. The molecule has 0 aliphatic rings. The maximum absolute atomic E-state index is 14.2. The minimum absolute atomic E-state index is 0.0876. The van der Waals surface area contributed by atoms with Gasteiger partial charge in [-0.15, -0.1) is 0 Å². The van der Waals surface area contributed by atoms with Crippen molar-refractivity contribution in [2.75, 3.05) is 5.73 Å². The Bertz CT molecular complexity index is 1100. The van der Waals surface area contributed by atoms with Gasteiger partial charge in [-0.05, 0) is 48.0 Å². The number of carbonyl (C=O) groups excluding carboxylic acids is 2. The first-order valence-electron chi connectivity index (χ1n) is 9.09. The van der Waals surface area contributed by atoms with E-state index in [1.54, 1.807) is 54.6 Å². The highest BCUT2D eigenvalue weighted by molar-refractivity contribution is 9.10. The number of para-hydroxylation sites is 1. The average molecular weight is 468 g/mol. The Hall–Kier alpha value is -3.45. The summed E-state index contributed by atoms with van der Waals surface area (Å²) in [7, 11) is 0. The van der Waals surface area contributed by atoms with E-state index < -0.39 is 17.6 Å². The number of hydrogen-bond donors (Lipinski definition) is 3. The summed E-state index contributed by atoms with van der Waals surface area (Å²) in [5.74, 6) is -1.57. The van der Waals surface area contributed by atoms with Gasteiger partial charge in [-0.2, -0.15) is 0 Å². The van der Waals surface area contributed by atoms with Crippen LogP contribution in [-0.2, 0) is 11.3 Å². The Morgan fingerprint density at radius 2 is 1.70 bits per heavy atom. The number of nitrogens with two attached hydrogens (primary N) is 1. The standard InChI is InChI=1S/C23H19BrFN3O2/c24-18-10-11-19(25)17(12-18)13-21(28-22(29)15-6-2-1-3-7-15)23(30)27-14-16-8-4-5-9-20(16)26/h1-13H,14,26H2,(H,27,30)(H,28,29)/b21-13-. The number of hydrogen-bond acceptors (Lipinski definition) is 3. The molecule has 0 spiro atoms. The molecule has 0 unspecified atom stereocenters. The van der Waals surface area contributed by atoms with Crippen LogP contribution in [0.4, 0.5) is 10.1 Å². The molecule has 0 aliphatic heterocycles. The van der Waals surface area contributed by atoms with Crippen molar-refractivity contribution in [2.24, 2.45) is 0 Å². The van der Waals surface area contributed by atoms with E-state index in [9.17, 15) is 14.0 Å². The van der Waals surface area contributed by atoms with Gasteiger partial charge in [0.25, 0.3) is 11.8 Å². The minimum Gasteiger partial charge on any atom is -0.398 e. The molecule has 0 radical (unpaired) electrons. The van der Waals surface area contributed by atoms with Crippen LogP contribution < -0.4 is 16.4 Å². The summed E-state index contributed by atoms with van der Waals surface area (Å²) in [5, 5.41) is 5.29. The minimum atomic E-state index is -0.568. The number of amides is 2. The number of anilines is 1. The van der Waals surface area contributed by atoms with Gasteiger partial charge >= 0.3 is 0 Å². The second-order valence-electron chi connectivity index (χ2n) is 6.43. The van der Waals surface area contributed by atoms with E-state index in [0.29, 0.717) is 15.7 Å². The number of halogens is 2. The lowest BCUT2D eigenvalue weighted by atomic mass is 10.1. The van der Waals surface area contributed by atoms with Crippen LogP contribution in [0.2, 0.25) is 0 Å². The fourth-order valence-corrected chi connectivity index (χ4v) is 3.07. The third-order valence-corrected chi connectivity index (χ3v) is 4.77. The maximum Gasteiger partial charge on any atom is 0.268 e. The molecule has 0 atom stereocenters. The topological polar surface area (TPSA) is 84.2 Å². The molecule has 4 N–H and O–H groups in total. The number of benzene rings is 3. The first-order chi connectivity index (χ1) is 14.4. The van der Waals surface area contributed by atoms with E-state index in [4.69, 9.17) is 5.73 Å². The lowest BCUT2D eigenvalue weighted by Gasteiger charge is -2.12. The zero-order valence-corrected chi connectivity index (χ0v) is 17.4. The van der Waals surface area contributed by atoms with Gasteiger partial charge in [0, 0.05) is 27.8 Å². The van der Waals surface area contributed by atoms with Crippen LogP contribution in [0, 0.1) is 5.82 Å². The molecule has 0 saturated carbocycles. The number of carbonyl (C=O) groups is 2. The first-order valence-corrected chi connectivity index (χ1v) is 9.88. The normalized spacial score (nSPS) is 11.1. The molecular weight excluding hydrogens is 449 g/mol. The fraction of sp³-hybridized carbons (Fsp3) is 0.0435. The van der Waals surface area contributed by atoms with Crippen LogP contribution in [-0.4, -0.2) is 11.8 Å². The molecule has 0 bridgehead atoms. The summed E-state index contributed by atoms with van der Waals surface area (Å²) in [6, 6.07) is 19.9. The van der Waals surface area contributed by atoms with Crippen molar-refractivity contribution in [1.82, 2.24) is 10.6 Å². The molecule has 7 heteroatoms. The third kappa shape index (κ3) is 5.55. The molecule has 2 amide bonds. The van der Waals surface area contributed by atoms with Crippen molar-refractivity contribution in [3.8, 4) is 0 Å². The predicted molar refractivity (Wildman–Crippen MR) is 119 cm³/mol. The van der Waals surface area contributed by atoms with Gasteiger partial charge in [0.1, 0.15) is 11.5 Å². The zero-order chi connectivity index (χ0) is 21.5. The molecule has 5 nitrogen and oxygen atoms in total. The Morgan fingerprint density at radius 1 is 1.00 bits per heavy atom. The van der Waals surface area contributed by atoms with Crippen molar-refractivity contribution in [3.05, 3.63) is 105 Å². The molecule has 0 saturated heterocycles. The second kappa shape index (κ2) is 9.84. The zero-order valence-electron chi connectivity index (χ0n) is 15.9. The largest absolute Gasteiger partial charge is 0.398 e. The van der Waals surface area contributed by atoms with E-state index in [0.717, 1.165) is 5.56 Å². The highest BCUT2D eigenvalue weighted by atomic mass is 79.9. The lowest BCUT2D eigenvalue weighted by Crippen LogP contribution is -2.34. The fourth-order valence-electron chi connectivity index (χ4n) is 2.69. The number of nitrogen functional groups attached to an aromatic ring is 1. The van der Waals surface area contributed by atoms with Crippen LogP contribution in [0.5, 0.6) is 0 Å². The van der Waals surface area contributed by atoms with E-state index >= 15 is 0 Å². The summed E-state index contributed by atoms with van der Waals surface area (Å²) in [4.78, 5) is 25.4. The molecule has 3 aromatic rings. The Morgan fingerprint density at radius 3 is 2.43 bits per heavy atom. The van der Waals surface area contributed by atoms with Crippen molar-refractivity contribution >= 4 is 39.5 Å². The Kier molecular flexibility index (Phi) is 6.98. The Labute approximate surface area is 181 Å². The van der Waals surface area contributed by atoms with Crippen LogP contribution in [0.25, 0.3) is 6.08 Å². The molecule has 3 aromatic carbocycles. The summed E-state index contributed by atoms with van der Waals surface area (Å²) in [5.41, 5.74) is 7.62. The van der Waals surface area contributed by atoms with E-state index in [1.807, 2.05) is 6.07 Å². The van der Waals surface area contributed by atoms with E-state index in [2.05, 4.69) is 26.6 Å². The van der Waals surface area contributed by atoms with Gasteiger partial charge < -0.3 is 16.4 Å². The monoisotopic (exact) mass is 467 g/mol. The summed E-state index contributed by atoms with van der Waals surface area (Å²) in [6.07, 6.45) is 1.30. The van der Waals surface area contributed by atoms with Crippen molar-refractivity contribution < 1.29 is 14.0 Å². The van der Waals surface area contributed by atoms with Crippen molar-refractivity contribution in [2.45, 2.75) is 6.54 Å². The molecule has 0 fully saturated rings. The highest BCUT2D eigenvalue weighted by Crippen LogP contribution is 2.18.